The van der Waals surface area contributed by atoms with Gasteiger partial charge in [0.25, 0.3) is 5.56 Å². The van der Waals surface area contributed by atoms with Gasteiger partial charge in [-0.05, 0) is 25.0 Å². The molecule has 1 aliphatic rings. The van der Waals surface area contributed by atoms with Crippen molar-refractivity contribution in [3.63, 3.8) is 0 Å². The molecule has 0 spiro atoms. The molecule has 7 heteroatoms. The van der Waals surface area contributed by atoms with E-state index in [-0.39, 0.29) is 12.7 Å². The van der Waals surface area contributed by atoms with Crippen LogP contribution in [0.1, 0.15) is 29.4 Å². The van der Waals surface area contributed by atoms with Gasteiger partial charge in [0.15, 0.2) is 0 Å². The smallest absolute Gasteiger partial charge is 0.338 e. The molecule has 1 fully saturated rings. The average molecular weight is 316 g/mol. The van der Waals surface area contributed by atoms with Crippen LogP contribution in [0.25, 0.3) is 0 Å². The van der Waals surface area contributed by atoms with Crippen LogP contribution >= 0.6 is 0 Å². The Hall–Kier alpha value is -2.67. The lowest BCUT2D eigenvalue weighted by Gasteiger charge is -2.15. The van der Waals surface area contributed by atoms with Crippen molar-refractivity contribution >= 4 is 5.97 Å². The third-order valence-electron chi connectivity index (χ3n) is 3.66. The molecule has 2 atom stereocenters. The van der Waals surface area contributed by atoms with E-state index >= 15 is 0 Å². The molecule has 1 aromatic carbocycles. The van der Waals surface area contributed by atoms with Crippen LogP contribution in [0.3, 0.4) is 0 Å². The summed E-state index contributed by atoms with van der Waals surface area (Å²) in [5.74, 6) is -0.404. The number of rotatable bonds is 4. The number of carbonyl (C=O) groups is 1. The molecule has 0 amide bonds. The van der Waals surface area contributed by atoms with Crippen molar-refractivity contribution < 1.29 is 14.3 Å². The summed E-state index contributed by atoms with van der Waals surface area (Å²) >= 11 is 0. The van der Waals surface area contributed by atoms with E-state index in [1.165, 1.54) is 16.8 Å². The first kappa shape index (κ1) is 15.2. The maximum absolute atomic E-state index is 11.9. The van der Waals surface area contributed by atoms with Gasteiger partial charge in [0.1, 0.15) is 12.8 Å². The zero-order chi connectivity index (χ0) is 16.2. The number of ether oxygens (including phenoxy) is 2. The molecular formula is C16H16N2O5. The first-order valence-corrected chi connectivity index (χ1v) is 7.32. The zero-order valence-electron chi connectivity index (χ0n) is 12.3. The van der Waals surface area contributed by atoms with E-state index in [0.717, 1.165) is 0 Å². The van der Waals surface area contributed by atoms with E-state index in [0.29, 0.717) is 18.4 Å². The summed E-state index contributed by atoms with van der Waals surface area (Å²) < 4.78 is 12.3. The standard InChI is InChI=1S/C16H16N2O5/c19-13-8-9-18(16(21)17-13)14-7-6-12(23-14)10-22-15(20)11-4-2-1-3-5-11/h1-5,8-9,12,14H,6-7,10H2,(H,17,19,21)/t12-,14+/m0/s1. The van der Waals surface area contributed by atoms with Crippen molar-refractivity contribution in [3.05, 3.63) is 69.0 Å². The fourth-order valence-electron chi connectivity index (χ4n) is 2.49. The first-order chi connectivity index (χ1) is 11.1. The number of benzene rings is 1. The van der Waals surface area contributed by atoms with Crippen LogP contribution in [-0.4, -0.2) is 28.2 Å². The number of esters is 1. The summed E-state index contributed by atoms with van der Waals surface area (Å²) in [5.41, 5.74) is -0.471. The maximum Gasteiger partial charge on any atom is 0.338 e. The predicted octanol–water partition coefficient (Wildman–Crippen LogP) is 1.07. The minimum Gasteiger partial charge on any atom is -0.459 e. The molecule has 1 aliphatic heterocycles. The van der Waals surface area contributed by atoms with Gasteiger partial charge >= 0.3 is 11.7 Å². The Bertz CT molecular complexity index is 796. The van der Waals surface area contributed by atoms with Crippen molar-refractivity contribution in [2.45, 2.75) is 25.2 Å². The lowest BCUT2D eigenvalue weighted by atomic mass is 10.2. The second kappa shape index (κ2) is 6.62. The van der Waals surface area contributed by atoms with Crippen molar-refractivity contribution in [1.29, 1.82) is 0 Å². The highest BCUT2D eigenvalue weighted by atomic mass is 16.6. The van der Waals surface area contributed by atoms with Gasteiger partial charge in [0.2, 0.25) is 0 Å². The van der Waals surface area contributed by atoms with Crippen molar-refractivity contribution in [1.82, 2.24) is 9.55 Å². The first-order valence-electron chi connectivity index (χ1n) is 7.32. The van der Waals surface area contributed by atoms with Crippen LogP contribution in [0.2, 0.25) is 0 Å². The van der Waals surface area contributed by atoms with E-state index in [1.807, 2.05) is 6.07 Å². The normalized spacial score (nSPS) is 20.3. The van der Waals surface area contributed by atoms with Gasteiger partial charge < -0.3 is 9.47 Å². The Kier molecular flexibility index (Phi) is 4.38. The third kappa shape index (κ3) is 3.57. The highest BCUT2D eigenvalue weighted by molar-refractivity contribution is 5.89. The van der Waals surface area contributed by atoms with E-state index in [4.69, 9.17) is 9.47 Å². The summed E-state index contributed by atoms with van der Waals surface area (Å²) in [4.78, 5) is 36.9. The zero-order valence-corrected chi connectivity index (χ0v) is 12.3. The van der Waals surface area contributed by atoms with Gasteiger partial charge in [-0.2, -0.15) is 0 Å². The molecule has 0 radical (unpaired) electrons. The molecule has 120 valence electrons. The minimum absolute atomic E-state index is 0.127. The van der Waals surface area contributed by atoms with Gasteiger partial charge in [-0.3, -0.25) is 14.3 Å². The second-order valence-corrected chi connectivity index (χ2v) is 5.27. The molecular weight excluding hydrogens is 300 g/mol. The molecule has 2 aromatic rings. The van der Waals surface area contributed by atoms with E-state index in [9.17, 15) is 14.4 Å². The number of hydrogen-bond acceptors (Lipinski definition) is 5. The quantitative estimate of drug-likeness (QED) is 0.852. The molecule has 0 unspecified atom stereocenters. The van der Waals surface area contributed by atoms with E-state index in [1.54, 1.807) is 24.3 Å². The van der Waals surface area contributed by atoms with Gasteiger partial charge in [0.05, 0.1) is 11.7 Å². The Morgan fingerprint density at radius 3 is 2.74 bits per heavy atom. The number of aromatic nitrogens is 2. The van der Waals surface area contributed by atoms with Gasteiger partial charge in [-0.25, -0.2) is 9.59 Å². The number of hydrogen-bond donors (Lipinski definition) is 1. The Morgan fingerprint density at radius 1 is 1.22 bits per heavy atom. The van der Waals surface area contributed by atoms with Crippen molar-refractivity contribution in [3.8, 4) is 0 Å². The minimum atomic E-state index is -0.510. The molecule has 1 N–H and O–H groups in total. The molecule has 23 heavy (non-hydrogen) atoms. The fourth-order valence-corrected chi connectivity index (χ4v) is 2.49. The lowest BCUT2D eigenvalue weighted by molar-refractivity contribution is -0.0340. The van der Waals surface area contributed by atoms with Gasteiger partial charge in [0, 0.05) is 12.3 Å². The highest BCUT2D eigenvalue weighted by Crippen LogP contribution is 2.27. The SMILES string of the molecule is O=C(OC[C@@H]1CC[C@H](n2ccc(=O)[nH]c2=O)O1)c1ccccc1. The number of carbonyl (C=O) groups excluding carboxylic acids is 1. The van der Waals surface area contributed by atoms with Crippen LogP contribution in [-0.2, 0) is 9.47 Å². The summed E-state index contributed by atoms with van der Waals surface area (Å²) in [7, 11) is 0. The molecule has 0 saturated carbocycles. The van der Waals surface area contributed by atoms with Gasteiger partial charge in [-0.15, -0.1) is 0 Å². The highest BCUT2D eigenvalue weighted by Gasteiger charge is 2.28. The molecule has 3 rings (SSSR count). The number of aromatic amines is 1. The molecule has 0 bridgehead atoms. The van der Waals surface area contributed by atoms with Crippen LogP contribution in [0.4, 0.5) is 0 Å². The molecule has 0 aliphatic carbocycles. The number of nitrogens with zero attached hydrogens (tertiary/aromatic N) is 1. The summed E-state index contributed by atoms with van der Waals surface area (Å²) in [6, 6.07) is 9.99. The number of nitrogens with one attached hydrogen (secondary N) is 1. The molecule has 2 heterocycles. The van der Waals surface area contributed by atoms with Crippen molar-refractivity contribution in [2.24, 2.45) is 0 Å². The predicted molar refractivity (Wildman–Crippen MR) is 81.2 cm³/mol. The van der Waals surface area contributed by atoms with E-state index < -0.39 is 23.4 Å². The van der Waals surface area contributed by atoms with Gasteiger partial charge in [-0.1, -0.05) is 18.2 Å². The van der Waals surface area contributed by atoms with E-state index in [2.05, 4.69) is 4.98 Å². The Morgan fingerprint density at radius 2 is 2.00 bits per heavy atom. The largest absolute Gasteiger partial charge is 0.459 e. The maximum atomic E-state index is 11.9. The Balaban J connectivity index is 1.57. The van der Waals surface area contributed by atoms with Crippen molar-refractivity contribution in [2.75, 3.05) is 6.61 Å². The number of H-pyrrole nitrogens is 1. The summed E-state index contributed by atoms with van der Waals surface area (Å²) in [6.45, 7) is 0.127. The molecule has 1 saturated heterocycles. The van der Waals surface area contributed by atoms with Crippen LogP contribution < -0.4 is 11.2 Å². The molecule has 1 aromatic heterocycles. The summed E-state index contributed by atoms with van der Waals surface area (Å²) in [6.07, 6.45) is 1.95. The lowest BCUT2D eigenvalue weighted by Crippen LogP contribution is -2.31. The fraction of sp³-hybridized carbons (Fsp3) is 0.312. The monoisotopic (exact) mass is 316 g/mol. The second-order valence-electron chi connectivity index (χ2n) is 5.27. The molecule has 7 nitrogen and oxygen atoms in total. The van der Waals surface area contributed by atoms with Crippen LogP contribution in [0.15, 0.2) is 52.2 Å². The average Bonchev–Trinajstić information content (AvgIpc) is 3.02. The third-order valence-corrected chi connectivity index (χ3v) is 3.66. The Labute approximate surface area is 131 Å². The van der Waals surface area contributed by atoms with Crippen LogP contribution in [0, 0.1) is 0 Å². The van der Waals surface area contributed by atoms with Crippen LogP contribution in [0.5, 0.6) is 0 Å². The topological polar surface area (TPSA) is 90.4 Å². The summed E-state index contributed by atoms with van der Waals surface area (Å²) in [5, 5.41) is 0.